The Kier molecular flexibility index (Phi) is 4.24. The number of imidazole rings is 1. The summed E-state index contributed by atoms with van der Waals surface area (Å²) in [6.45, 7) is 4.60. The predicted molar refractivity (Wildman–Crippen MR) is 90.9 cm³/mol. The van der Waals surface area contributed by atoms with Gasteiger partial charge in [0.2, 0.25) is 0 Å². The van der Waals surface area contributed by atoms with E-state index >= 15 is 0 Å². The van der Waals surface area contributed by atoms with Crippen LogP contribution in [0.15, 0.2) is 29.3 Å². The van der Waals surface area contributed by atoms with Gasteiger partial charge in [0.25, 0.3) is 5.56 Å². The highest BCUT2D eigenvalue weighted by atomic mass is 16.5. The molecule has 3 rings (SSSR count). The van der Waals surface area contributed by atoms with Crippen molar-refractivity contribution in [3.05, 3.63) is 46.5 Å². The lowest BCUT2D eigenvalue weighted by molar-refractivity contribution is 0.355. The SMILES string of the molecule is COc1cc2nc(Cn3ccnc3C(C)C)[nH]c(=O)c2cc1OC. The van der Waals surface area contributed by atoms with Crippen LogP contribution >= 0.6 is 0 Å². The Balaban J connectivity index is 2.07. The number of aromatic nitrogens is 4. The van der Waals surface area contributed by atoms with Crippen LogP contribution in [-0.2, 0) is 6.54 Å². The Bertz CT molecular complexity index is 927. The number of hydrogen-bond acceptors (Lipinski definition) is 5. The highest BCUT2D eigenvalue weighted by Gasteiger charge is 2.13. The lowest BCUT2D eigenvalue weighted by Crippen LogP contribution is -2.16. The fourth-order valence-electron chi connectivity index (χ4n) is 2.71. The molecule has 0 saturated carbocycles. The molecule has 0 aliphatic heterocycles. The van der Waals surface area contributed by atoms with E-state index in [9.17, 15) is 4.79 Å². The van der Waals surface area contributed by atoms with E-state index < -0.39 is 0 Å². The molecule has 0 spiro atoms. The number of ether oxygens (including phenoxy) is 2. The van der Waals surface area contributed by atoms with Gasteiger partial charge in [0.1, 0.15) is 11.6 Å². The number of nitrogens with zero attached hydrogens (tertiary/aromatic N) is 3. The predicted octanol–water partition coefficient (Wildman–Crippen LogP) is 2.31. The summed E-state index contributed by atoms with van der Waals surface area (Å²) in [6.07, 6.45) is 3.64. The van der Waals surface area contributed by atoms with Crippen molar-refractivity contribution in [2.45, 2.75) is 26.3 Å². The third-order valence-electron chi connectivity index (χ3n) is 3.84. The lowest BCUT2D eigenvalue weighted by Gasteiger charge is -2.11. The molecular weight excluding hydrogens is 308 g/mol. The highest BCUT2D eigenvalue weighted by Crippen LogP contribution is 2.29. The molecule has 24 heavy (non-hydrogen) atoms. The fourth-order valence-corrected chi connectivity index (χ4v) is 2.71. The standard InChI is InChI=1S/C17H20N4O3/c1-10(2)16-18-5-6-21(16)9-15-19-12-8-14(24-4)13(23-3)7-11(12)17(22)20-15/h5-8,10H,9H2,1-4H3,(H,19,20,22). The van der Waals surface area contributed by atoms with Crippen LogP contribution in [0, 0.1) is 0 Å². The van der Waals surface area contributed by atoms with Crippen molar-refractivity contribution >= 4 is 10.9 Å². The lowest BCUT2D eigenvalue weighted by atomic mass is 10.2. The van der Waals surface area contributed by atoms with Gasteiger partial charge in [-0.3, -0.25) is 4.79 Å². The van der Waals surface area contributed by atoms with Gasteiger partial charge >= 0.3 is 0 Å². The van der Waals surface area contributed by atoms with E-state index in [4.69, 9.17) is 9.47 Å². The van der Waals surface area contributed by atoms with Gasteiger partial charge in [0, 0.05) is 24.4 Å². The number of fused-ring (bicyclic) bond motifs is 1. The maximum absolute atomic E-state index is 12.4. The Morgan fingerprint density at radius 1 is 1.21 bits per heavy atom. The molecule has 126 valence electrons. The summed E-state index contributed by atoms with van der Waals surface area (Å²) in [6, 6.07) is 3.35. The second kappa shape index (κ2) is 6.35. The summed E-state index contributed by atoms with van der Waals surface area (Å²) in [5, 5.41) is 0.464. The topological polar surface area (TPSA) is 82.0 Å². The molecule has 0 atom stereocenters. The van der Waals surface area contributed by atoms with Crippen molar-refractivity contribution in [3.63, 3.8) is 0 Å². The van der Waals surface area contributed by atoms with Gasteiger partial charge in [-0.05, 0) is 6.07 Å². The summed E-state index contributed by atoms with van der Waals surface area (Å²) >= 11 is 0. The number of benzene rings is 1. The summed E-state index contributed by atoms with van der Waals surface area (Å²) in [5.41, 5.74) is 0.361. The minimum absolute atomic E-state index is 0.206. The molecule has 1 N–H and O–H groups in total. The van der Waals surface area contributed by atoms with Crippen LogP contribution in [0.2, 0.25) is 0 Å². The van der Waals surface area contributed by atoms with Gasteiger partial charge in [-0.2, -0.15) is 0 Å². The molecule has 0 aliphatic rings. The summed E-state index contributed by atoms with van der Waals surface area (Å²) < 4.78 is 12.5. The number of methoxy groups -OCH3 is 2. The quantitative estimate of drug-likeness (QED) is 0.777. The number of H-pyrrole nitrogens is 1. The molecule has 0 amide bonds. The van der Waals surface area contributed by atoms with Crippen molar-refractivity contribution in [3.8, 4) is 11.5 Å². The number of aromatic amines is 1. The number of hydrogen-bond donors (Lipinski definition) is 1. The van der Waals surface area contributed by atoms with Crippen molar-refractivity contribution in [1.82, 2.24) is 19.5 Å². The summed E-state index contributed by atoms with van der Waals surface area (Å²) in [7, 11) is 3.09. The van der Waals surface area contributed by atoms with E-state index in [0.29, 0.717) is 34.8 Å². The summed E-state index contributed by atoms with van der Waals surface area (Å²) in [4.78, 5) is 24.1. The van der Waals surface area contributed by atoms with E-state index in [-0.39, 0.29) is 11.5 Å². The average molecular weight is 328 g/mol. The van der Waals surface area contributed by atoms with E-state index in [1.165, 1.54) is 7.11 Å². The summed E-state index contributed by atoms with van der Waals surface area (Å²) in [5.74, 6) is 2.85. The first-order valence-electron chi connectivity index (χ1n) is 7.69. The Morgan fingerprint density at radius 3 is 2.58 bits per heavy atom. The maximum atomic E-state index is 12.4. The smallest absolute Gasteiger partial charge is 0.258 e. The van der Waals surface area contributed by atoms with Crippen molar-refractivity contribution in [2.75, 3.05) is 14.2 Å². The molecule has 0 radical (unpaired) electrons. The Morgan fingerprint density at radius 2 is 1.92 bits per heavy atom. The monoisotopic (exact) mass is 328 g/mol. The van der Waals surface area contributed by atoms with Gasteiger partial charge < -0.3 is 19.0 Å². The number of nitrogens with one attached hydrogen (secondary N) is 1. The van der Waals surface area contributed by atoms with Crippen LogP contribution in [0.5, 0.6) is 11.5 Å². The molecule has 7 heteroatoms. The molecule has 3 aromatic rings. The second-order valence-corrected chi connectivity index (χ2v) is 5.81. The molecule has 0 fully saturated rings. The first-order valence-corrected chi connectivity index (χ1v) is 7.69. The largest absolute Gasteiger partial charge is 0.493 e. The molecule has 0 bridgehead atoms. The molecule has 0 saturated heterocycles. The van der Waals surface area contributed by atoms with Crippen molar-refractivity contribution < 1.29 is 9.47 Å². The fraction of sp³-hybridized carbons (Fsp3) is 0.353. The molecule has 1 aromatic carbocycles. The van der Waals surface area contributed by atoms with Crippen LogP contribution in [0.25, 0.3) is 10.9 Å². The van der Waals surface area contributed by atoms with E-state index in [0.717, 1.165) is 5.82 Å². The molecule has 7 nitrogen and oxygen atoms in total. The zero-order valence-corrected chi connectivity index (χ0v) is 14.2. The molecular formula is C17H20N4O3. The van der Waals surface area contributed by atoms with Crippen molar-refractivity contribution in [1.29, 1.82) is 0 Å². The van der Waals surface area contributed by atoms with Crippen LogP contribution in [0.3, 0.4) is 0 Å². The van der Waals surface area contributed by atoms with Gasteiger partial charge in [-0.15, -0.1) is 0 Å². The number of rotatable bonds is 5. The minimum atomic E-state index is -0.206. The van der Waals surface area contributed by atoms with Gasteiger partial charge in [-0.25, -0.2) is 9.97 Å². The normalized spacial score (nSPS) is 11.2. The van der Waals surface area contributed by atoms with Crippen LogP contribution in [0.1, 0.15) is 31.4 Å². The average Bonchev–Trinajstić information content (AvgIpc) is 3.02. The zero-order valence-electron chi connectivity index (χ0n) is 14.2. The third kappa shape index (κ3) is 2.84. The van der Waals surface area contributed by atoms with E-state index in [2.05, 4.69) is 28.8 Å². The molecule has 0 unspecified atom stereocenters. The molecule has 2 aromatic heterocycles. The maximum Gasteiger partial charge on any atom is 0.258 e. The molecule has 0 aliphatic carbocycles. The highest BCUT2D eigenvalue weighted by molar-refractivity contribution is 5.81. The van der Waals surface area contributed by atoms with Crippen molar-refractivity contribution in [2.24, 2.45) is 0 Å². The van der Waals surface area contributed by atoms with Crippen LogP contribution in [-0.4, -0.2) is 33.7 Å². The Labute approximate surface area is 139 Å². The van der Waals surface area contributed by atoms with E-state index in [1.54, 1.807) is 25.4 Å². The molecule has 2 heterocycles. The third-order valence-corrected chi connectivity index (χ3v) is 3.84. The van der Waals surface area contributed by atoms with Gasteiger partial charge in [0.15, 0.2) is 11.5 Å². The minimum Gasteiger partial charge on any atom is -0.493 e. The second-order valence-electron chi connectivity index (χ2n) is 5.81. The first kappa shape index (κ1) is 16.0. The van der Waals surface area contributed by atoms with E-state index in [1.807, 2.05) is 10.8 Å². The first-order chi connectivity index (χ1) is 11.5. The van der Waals surface area contributed by atoms with Gasteiger partial charge in [-0.1, -0.05) is 13.8 Å². The van der Waals surface area contributed by atoms with Gasteiger partial charge in [0.05, 0.1) is 31.7 Å². The Hall–Kier alpha value is -2.83. The van der Waals surface area contributed by atoms with Crippen LogP contribution < -0.4 is 15.0 Å². The van der Waals surface area contributed by atoms with Crippen LogP contribution in [0.4, 0.5) is 0 Å². The zero-order chi connectivity index (χ0) is 17.3.